The highest BCUT2D eigenvalue weighted by Crippen LogP contribution is 2.32. The van der Waals surface area contributed by atoms with Gasteiger partial charge < -0.3 is 5.11 Å². The summed E-state index contributed by atoms with van der Waals surface area (Å²) >= 11 is 0. The van der Waals surface area contributed by atoms with Gasteiger partial charge in [-0.15, -0.1) is 0 Å². The topological polar surface area (TPSA) is 37.3 Å². The highest BCUT2D eigenvalue weighted by atomic mass is 16.4. The molecule has 0 aromatic rings. The highest BCUT2D eigenvalue weighted by molar-refractivity contribution is 5.74. The Balaban J connectivity index is 2.86. The van der Waals surface area contributed by atoms with Crippen LogP contribution in [-0.4, -0.2) is 11.1 Å². The lowest BCUT2D eigenvalue weighted by Gasteiger charge is -2.23. The summed E-state index contributed by atoms with van der Waals surface area (Å²) in [4.78, 5) is 10.7. The van der Waals surface area contributed by atoms with Gasteiger partial charge in [-0.25, -0.2) is 0 Å². The molecule has 0 radical (unpaired) electrons. The Morgan fingerprint density at radius 2 is 2.08 bits per heavy atom. The first kappa shape index (κ1) is 9.04. The van der Waals surface area contributed by atoms with E-state index in [4.69, 9.17) is 5.11 Å². The molecule has 0 aromatic heterocycles. The van der Waals surface area contributed by atoms with Gasteiger partial charge in [0.15, 0.2) is 0 Å². The van der Waals surface area contributed by atoms with E-state index in [9.17, 15) is 4.79 Å². The summed E-state index contributed by atoms with van der Waals surface area (Å²) in [5, 5.41) is 8.83. The second kappa shape index (κ2) is 3.13. The maximum Gasteiger partial charge on any atom is 0.310 e. The lowest BCUT2D eigenvalue weighted by molar-refractivity contribution is -0.140. The van der Waals surface area contributed by atoms with E-state index in [1.165, 1.54) is 11.1 Å². The lowest BCUT2D eigenvalue weighted by atomic mass is 9.82. The van der Waals surface area contributed by atoms with Crippen molar-refractivity contribution < 1.29 is 9.90 Å². The molecular weight excluding hydrogens is 152 g/mol. The molecule has 0 saturated carbocycles. The van der Waals surface area contributed by atoms with Crippen molar-refractivity contribution in [1.82, 2.24) is 0 Å². The minimum atomic E-state index is -0.744. The molecule has 1 N–H and O–H groups in total. The van der Waals surface area contributed by atoms with Crippen molar-refractivity contribution in [3.63, 3.8) is 0 Å². The molecule has 1 aliphatic rings. The highest BCUT2D eigenvalue weighted by Gasteiger charge is 2.25. The third kappa shape index (κ3) is 1.58. The van der Waals surface area contributed by atoms with E-state index in [2.05, 4.69) is 6.58 Å². The van der Waals surface area contributed by atoms with E-state index < -0.39 is 5.97 Å². The Morgan fingerprint density at radius 1 is 1.50 bits per heavy atom. The molecule has 0 aromatic carbocycles. The second-order valence-corrected chi connectivity index (χ2v) is 3.49. The van der Waals surface area contributed by atoms with E-state index in [0.29, 0.717) is 6.42 Å². The molecule has 0 fully saturated rings. The predicted octanol–water partition coefficient (Wildman–Crippen LogP) is 2.37. The summed E-state index contributed by atoms with van der Waals surface area (Å²) in [6.45, 7) is 7.82. The third-order valence-corrected chi connectivity index (χ3v) is 2.52. The number of carboxylic acids is 1. The monoisotopic (exact) mass is 166 g/mol. The summed E-state index contributed by atoms with van der Waals surface area (Å²) < 4.78 is 0. The van der Waals surface area contributed by atoms with E-state index in [1.54, 1.807) is 0 Å². The zero-order valence-corrected chi connectivity index (χ0v) is 7.55. The number of hydrogen-bond acceptors (Lipinski definition) is 1. The van der Waals surface area contributed by atoms with Crippen LogP contribution in [0.1, 0.15) is 26.7 Å². The maximum absolute atomic E-state index is 10.7. The van der Waals surface area contributed by atoms with Gasteiger partial charge >= 0.3 is 5.97 Å². The first-order valence-electron chi connectivity index (χ1n) is 4.08. The summed E-state index contributed by atoms with van der Waals surface area (Å²) in [6.07, 6.45) is 1.39. The van der Waals surface area contributed by atoms with Crippen molar-refractivity contribution in [2.24, 2.45) is 5.92 Å². The Kier molecular flexibility index (Phi) is 2.36. The quantitative estimate of drug-likeness (QED) is 0.607. The molecular formula is C10H14O2. The van der Waals surface area contributed by atoms with Gasteiger partial charge in [0.25, 0.3) is 0 Å². The Bertz CT molecular complexity index is 261. The number of carboxylic acid groups (broad SMARTS) is 1. The van der Waals surface area contributed by atoms with Gasteiger partial charge in [0.05, 0.1) is 5.92 Å². The minimum Gasteiger partial charge on any atom is -0.481 e. The fourth-order valence-corrected chi connectivity index (χ4v) is 1.50. The molecule has 1 rings (SSSR count). The number of aliphatic carboxylic acids is 1. The van der Waals surface area contributed by atoms with Crippen molar-refractivity contribution in [2.75, 3.05) is 0 Å². The van der Waals surface area contributed by atoms with Gasteiger partial charge in [-0.1, -0.05) is 23.3 Å². The zero-order chi connectivity index (χ0) is 9.30. The SMILES string of the molecule is C=C1CC(C)=C(C)CC1C(=O)O. The van der Waals surface area contributed by atoms with E-state index in [-0.39, 0.29) is 5.92 Å². The molecule has 12 heavy (non-hydrogen) atoms. The number of rotatable bonds is 1. The van der Waals surface area contributed by atoms with Crippen molar-refractivity contribution in [2.45, 2.75) is 26.7 Å². The molecule has 1 atom stereocenters. The molecule has 2 nitrogen and oxygen atoms in total. The summed E-state index contributed by atoms with van der Waals surface area (Å²) in [7, 11) is 0. The van der Waals surface area contributed by atoms with E-state index in [0.717, 1.165) is 12.0 Å². The van der Waals surface area contributed by atoms with Crippen LogP contribution in [0.15, 0.2) is 23.3 Å². The number of allylic oxidation sites excluding steroid dienone is 2. The van der Waals surface area contributed by atoms with E-state index >= 15 is 0 Å². The molecule has 0 saturated heterocycles. The molecule has 0 aliphatic heterocycles. The van der Waals surface area contributed by atoms with Crippen LogP contribution in [0.5, 0.6) is 0 Å². The fraction of sp³-hybridized carbons (Fsp3) is 0.500. The van der Waals surface area contributed by atoms with E-state index in [1.807, 2.05) is 13.8 Å². The lowest BCUT2D eigenvalue weighted by Crippen LogP contribution is -2.20. The zero-order valence-electron chi connectivity index (χ0n) is 7.55. The van der Waals surface area contributed by atoms with Gasteiger partial charge in [0.1, 0.15) is 0 Å². The van der Waals surface area contributed by atoms with Gasteiger partial charge in [-0.05, 0) is 26.7 Å². The van der Waals surface area contributed by atoms with Crippen molar-refractivity contribution >= 4 is 5.97 Å². The molecule has 1 aliphatic carbocycles. The number of hydrogen-bond donors (Lipinski definition) is 1. The Morgan fingerprint density at radius 3 is 2.58 bits per heavy atom. The molecule has 66 valence electrons. The van der Waals surface area contributed by atoms with Crippen LogP contribution in [0, 0.1) is 5.92 Å². The van der Waals surface area contributed by atoms with Crippen LogP contribution in [-0.2, 0) is 4.79 Å². The standard InChI is InChI=1S/C10H14O2/c1-6-4-8(3)9(10(11)12)5-7(6)2/h9H,3-5H2,1-2H3,(H,11,12). The van der Waals surface area contributed by atoms with Crippen LogP contribution in [0.2, 0.25) is 0 Å². The van der Waals surface area contributed by atoms with Crippen LogP contribution in [0.4, 0.5) is 0 Å². The normalized spacial score (nSPS) is 24.5. The third-order valence-electron chi connectivity index (χ3n) is 2.52. The first-order valence-corrected chi connectivity index (χ1v) is 4.08. The molecule has 0 heterocycles. The predicted molar refractivity (Wildman–Crippen MR) is 47.9 cm³/mol. The first-order chi connectivity index (χ1) is 5.52. The second-order valence-electron chi connectivity index (χ2n) is 3.49. The maximum atomic E-state index is 10.7. The van der Waals surface area contributed by atoms with Gasteiger partial charge in [0.2, 0.25) is 0 Å². The molecule has 0 amide bonds. The van der Waals surface area contributed by atoms with Crippen LogP contribution in [0.25, 0.3) is 0 Å². The van der Waals surface area contributed by atoms with Crippen molar-refractivity contribution in [1.29, 1.82) is 0 Å². The molecule has 0 bridgehead atoms. The van der Waals surface area contributed by atoms with Crippen LogP contribution in [0.3, 0.4) is 0 Å². The summed E-state index contributed by atoms with van der Waals surface area (Å²) in [5.74, 6) is -1.10. The Labute approximate surface area is 72.6 Å². The average molecular weight is 166 g/mol. The van der Waals surface area contributed by atoms with Crippen molar-refractivity contribution in [3.05, 3.63) is 23.3 Å². The summed E-state index contributed by atoms with van der Waals surface area (Å²) in [6, 6.07) is 0. The number of carbonyl (C=O) groups is 1. The fourth-order valence-electron chi connectivity index (χ4n) is 1.50. The van der Waals surface area contributed by atoms with Crippen LogP contribution >= 0.6 is 0 Å². The molecule has 0 spiro atoms. The van der Waals surface area contributed by atoms with Crippen LogP contribution < -0.4 is 0 Å². The summed E-state index contributed by atoms with van der Waals surface area (Å²) in [5.41, 5.74) is 3.32. The van der Waals surface area contributed by atoms with Crippen molar-refractivity contribution in [3.8, 4) is 0 Å². The molecule has 1 unspecified atom stereocenters. The Hall–Kier alpha value is -1.05. The van der Waals surface area contributed by atoms with Gasteiger partial charge in [-0.2, -0.15) is 0 Å². The van der Waals surface area contributed by atoms with Gasteiger partial charge in [-0.3, -0.25) is 4.79 Å². The smallest absolute Gasteiger partial charge is 0.310 e. The van der Waals surface area contributed by atoms with Gasteiger partial charge in [0, 0.05) is 0 Å². The minimum absolute atomic E-state index is 0.353. The molecule has 2 heteroatoms. The average Bonchev–Trinajstić information content (AvgIpc) is 1.96. The largest absolute Gasteiger partial charge is 0.481 e.